The Bertz CT molecular complexity index is 937. The van der Waals surface area contributed by atoms with Gasteiger partial charge in [0.05, 0.1) is 0 Å². The number of benzene rings is 1. The highest BCUT2D eigenvalue weighted by molar-refractivity contribution is 5.94. The number of hydrogen-bond donors (Lipinski definition) is 0. The second-order valence-electron chi connectivity index (χ2n) is 8.89. The Morgan fingerprint density at radius 2 is 1.85 bits per heavy atom. The van der Waals surface area contributed by atoms with Gasteiger partial charge < -0.3 is 0 Å². The Morgan fingerprint density at radius 1 is 1.11 bits per heavy atom. The van der Waals surface area contributed by atoms with Crippen LogP contribution >= 0.6 is 0 Å². The molecule has 0 radical (unpaired) electrons. The second-order valence-corrected chi connectivity index (χ2v) is 8.89. The third-order valence-electron chi connectivity index (χ3n) is 6.92. The molecule has 3 aliphatic carbocycles. The molecule has 27 heavy (non-hydrogen) atoms. The van der Waals surface area contributed by atoms with Crippen molar-refractivity contribution in [2.45, 2.75) is 65.7 Å². The van der Waals surface area contributed by atoms with E-state index in [2.05, 4.69) is 71.6 Å². The molecule has 0 aliphatic heterocycles. The van der Waals surface area contributed by atoms with E-state index in [1.165, 1.54) is 70.2 Å². The van der Waals surface area contributed by atoms with Crippen molar-refractivity contribution in [1.29, 1.82) is 0 Å². The summed E-state index contributed by atoms with van der Waals surface area (Å²) in [5.41, 5.74) is 13.3. The number of fused-ring (bicyclic) bond motifs is 1. The Hall–Kier alpha value is -2.08. The first-order valence-corrected chi connectivity index (χ1v) is 10.5. The van der Waals surface area contributed by atoms with Crippen molar-refractivity contribution in [1.82, 2.24) is 0 Å². The average Bonchev–Trinajstić information content (AvgIpc) is 3.45. The quantitative estimate of drug-likeness (QED) is 0.522. The van der Waals surface area contributed by atoms with E-state index in [1.54, 1.807) is 5.57 Å². The Labute approximate surface area is 165 Å². The van der Waals surface area contributed by atoms with E-state index in [-0.39, 0.29) is 5.41 Å². The van der Waals surface area contributed by atoms with Crippen LogP contribution in [-0.4, -0.2) is 0 Å². The van der Waals surface area contributed by atoms with Gasteiger partial charge in [0.25, 0.3) is 0 Å². The molecule has 4 rings (SSSR count). The SMILES string of the molecule is C=C/C=C1\C(=C/C)C(C)(C)c2c1cc(C1=C(C3CC3)CCC=C1)c(C)c2C. The summed E-state index contributed by atoms with van der Waals surface area (Å²) in [5.74, 6) is 0.837. The third kappa shape index (κ3) is 2.73. The molecule has 0 amide bonds. The van der Waals surface area contributed by atoms with E-state index in [1.807, 2.05) is 6.08 Å². The van der Waals surface area contributed by atoms with E-state index in [4.69, 9.17) is 0 Å². The third-order valence-corrected chi connectivity index (χ3v) is 6.92. The van der Waals surface area contributed by atoms with Crippen LogP contribution in [0.5, 0.6) is 0 Å². The lowest BCUT2D eigenvalue weighted by molar-refractivity contribution is 0.654. The summed E-state index contributed by atoms with van der Waals surface area (Å²) in [4.78, 5) is 0. The zero-order valence-corrected chi connectivity index (χ0v) is 17.6. The fraction of sp³-hybridized carbons (Fsp3) is 0.407. The van der Waals surface area contributed by atoms with Gasteiger partial charge in [0.2, 0.25) is 0 Å². The molecular formula is C27H32. The van der Waals surface area contributed by atoms with Crippen LogP contribution in [0, 0.1) is 19.8 Å². The molecule has 1 aromatic carbocycles. The van der Waals surface area contributed by atoms with E-state index in [0.717, 1.165) is 5.92 Å². The first-order chi connectivity index (χ1) is 12.9. The van der Waals surface area contributed by atoms with Gasteiger partial charge in [0.1, 0.15) is 0 Å². The van der Waals surface area contributed by atoms with Crippen molar-refractivity contribution in [2.24, 2.45) is 5.92 Å². The number of hydrogen-bond acceptors (Lipinski definition) is 0. The molecule has 3 aliphatic rings. The number of rotatable bonds is 3. The van der Waals surface area contributed by atoms with Crippen molar-refractivity contribution < 1.29 is 0 Å². The fourth-order valence-electron chi connectivity index (χ4n) is 5.44. The lowest BCUT2D eigenvalue weighted by Crippen LogP contribution is -2.17. The molecule has 0 heteroatoms. The summed E-state index contributed by atoms with van der Waals surface area (Å²) < 4.78 is 0. The second kappa shape index (κ2) is 6.51. The van der Waals surface area contributed by atoms with Gasteiger partial charge in [0, 0.05) is 5.41 Å². The summed E-state index contributed by atoms with van der Waals surface area (Å²) in [5, 5.41) is 0. The Morgan fingerprint density at radius 3 is 2.48 bits per heavy atom. The summed E-state index contributed by atoms with van der Waals surface area (Å²) in [7, 11) is 0. The van der Waals surface area contributed by atoms with E-state index in [0.29, 0.717) is 0 Å². The van der Waals surface area contributed by atoms with Gasteiger partial charge in [-0.2, -0.15) is 0 Å². The van der Waals surface area contributed by atoms with Gasteiger partial charge in [0.15, 0.2) is 0 Å². The standard InChI is InChI=1S/C27H32/c1-7-11-22-24-16-23(21-13-10-9-12-20(21)19-14-15-19)17(3)18(4)26(24)27(5,6)25(22)8-2/h7-8,10-11,13,16,19H,1,9,12,14-15H2,2-6H3/b22-11-,25-8+. The first kappa shape index (κ1) is 18.3. The maximum atomic E-state index is 3.99. The lowest BCUT2D eigenvalue weighted by atomic mass is 9.77. The summed E-state index contributed by atoms with van der Waals surface area (Å²) >= 11 is 0. The van der Waals surface area contributed by atoms with Crippen LogP contribution in [-0.2, 0) is 5.41 Å². The van der Waals surface area contributed by atoms with Crippen LogP contribution in [0.4, 0.5) is 0 Å². The van der Waals surface area contributed by atoms with Crippen LogP contribution in [0.1, 0.15) is 74.3 Å². The van der Waals surface area contributed by atoms with Crippen molar-refractivity contribution in [3.63, 3.8) is 0 Å². The zero-order valence-electron chi connectivity index (χ0n) is 17.6. The van der Waals surface area contributed by atoms with Crippen LogP contribution in [0.25, 0.3) is 11.1 Å². The first-order valence-electron chi connectivity index (χ1n) is 10.5. The highest BCUT2D eigenvalue weighted by Gasteiger charge is 2.40. The van der Waals surface area contributed by atoms with E-state index >= 15 is 0 Å². The molecule has 0 aromatic heterocycles. The van der Waals surface area contributed by atoms with Crippen molar-refractivity contribution >= 4 is 11.1 Å². The van der Waals surface area contributed by atoms with Gasteiger partial charge in [-0.3, -0.25) is 0 Å². The predicted octanol–water partition coefficient (Wildman–Crippen LogP) is 7.62. The fourth-order valence-corrected chi connectivity index (χ4v) is 5.44. The molecule has 0 spiro atoms. The van der Waals surface area contributed by atoms with Crippen LogP contribution in [0.15, 0.2) is 54.2 Å². The minimum Gasteiger partial charge on any atom is -0.0990 e. The predicted molar refractivity (Wildman–Crippen MR) is 119 cm³/mol. The minimum atomic E-state index is 0.0441. The van der Waals surface area contributed by atoms with Crippen molar-refractivity contribution in [3.05, 3.63) is 82.0 Å². The molecule has 0 heterocycles. The van der Waals surface area contributed by atoms with Gasteiger partial charge in [-0.15, -0.1) is 0 Å². The van der Waals surface area contributed by atoms with Crippen molar-refractivity contribution in [2.75, 3.05) is 0 Å². The average molecular weight is 357 g/mol. The molecule has 1 aromatic rings. The smallest absolute Gasteiger partial charge is 0.0158 e. The Kier molecular flexibility index (Phi) is 4.41. The molecular weight excluding hydrogens is 324 g/mol. The highest BCUT2D eigenvalue weighted by Crippen LogP contribution is 2.53. The Balaban J connectivity index is 2.01. The minimum absolute atomic E-state index is 0.0441. The molecule has 0 N–H and O–H groups in total. The zero-order chi connectivity index (χ0) is 19.3. The molecule has 0 bridgehead atoms. The van der Waals surface area contributed by atoms with Crippen LogP contribution in [0.2, 0.25) is 0 Å². The molecule has 0 atom stereocenters. The maximum absolute atomic E-state index is 3.99. The summed E-state index contributed by atoms with van der Waals surface area (Å²) in [6.07, 6.45) is 16.4. The molecule has 1 saturated carbocycles. The monoisotopic (exact) mass is 356 g/mol. The molecule has 140 valence electrons. The largest absolute Gasteiger partial charge is 0.0990 e. The lowest BCUT2D eigenvalue weighted by Gasteiger charge is -2.26. The topological polar surface area (TPSA) is 0 Å². The normalized spacial score (nSPS) is 24.0. The number of allylic oxidation sites excluding steroid dienone is 9. The van der Waals surface area contributed by atoms with Gasteiger partial charge in [-0.25, -0.2) is 0 Å². The van der Waals surface area contributed by atoms with E-state index < -0.39 is 0 Å². The van der Waals surface area contributed by atoms with Gasteiger partial charge in [-0.05, 0) is 103 Å². The van der Waals surface area contributed by atoms with Gasteiger partial charge >= 0.3 is 0 Å². The van der Waals surface area contributed by atoms with E-state index in [9.17, 15) is 0 Å². The molecule has 0 saturated heterocycles. The molecule has 0 unspecified atom stereocenters. The van der Waals surface area contributed by atoms with Crippen LogP contribution < -0.4 is 0 Å². The maximum Gasteiger partial charge on any atom is 0.0158 e. The molecule has 1 fully saturated rings. The molecule has 0 nitrogen and oxygen atoms in total. The summed E-state index contributed by atoms with van der Waals surface area (Å²) in [6.45, 7) is 15.5. The van der Waals surface area contributed by atoms with Gasteiger partial charge in [-0.1, -0.05) is 56.4 Å². The summed E-state index contributed by atoms with van der Waals surface area (Å²) in [6, 6.07) is 2.48. The highest BCUT2D eigenvalue weighted by atomic mass is 14.4. The van der Waals surface area contributed by atoms with Crippen LogP contribution in [0.3, 0.4) is 0 Å². The van der Waals surface area contributed by atoms with Crippen molar-refractivity contribution in [3.8, 4) is 0 Å².